The number of para-hydroxylation sites is 1. The molecule has 29 heavy (non-hydrogen) atoms. The van der Waals surface area contributed by atoms with Gasteiger partial charge in [-0.05, 0) is 37.3 Å². The number of nitrogens with one attached hydrogen (secondary N) is 3. The maximum atomic E-state index is 13.7. The second-order valence-corrected chi connectivity index (χ2v) is 8.06. The molecular weight excluding hydrogens is 395 g/mol. The van der Waals surface area contributed by atoms with Crippen molar-refractivity contribution in [1.29, 1.82) is 0 Å². The Labute approximate surface area is 168 Å². The lowest BCUT2D eigenvalue weighted by Gasteiger charge is -2.15. The van der Waals surface area contributed by atoms with E-state index in [4.69, 9.17) is 0 Å². The lowest BCUT2D eigenvalue weighted by atomic mass is 10.2. The fourth-order valence-electron chi connectivity index (χ4n) is 2.71. The minimum absolute atomic E-state index is 0.263. The molecule has 152 valence electrons. The van der Waals surface area contributed by atoms with E-state index >= 15 is 0 Å². The minimum atomic E-state index is -4.14. The molecule has 3 N–H and O–H groups in total. The molecule has 2 aromatic carbocycles. The smallest absolute Gasteiger partial charge is 0.244 e. The largest absolute Gasteiger partial charge is 0.368 e. The van der Waals surface area contributed by atoms with Crippen molar-refractivity contribution < 1.29 is 17.6 Å². The van der Waals surface area contributed by atoms with Crippen LogP contribution < -0.4 is 15.4 Å². The van der Waals surface area contributed by atoms with Gasteiger partial charge in [-0.3, -0.25) is 4.79 Å². The Balaban J connectivity index is 1.49. The number of hydrogen-bond acceptors (Lipinski definition) is 5. The molecule has 3 aromatic rings. The summed E-state index contributed by atoms with van der Waals surface area (Å²) in [7, 11) is -4.14. The standard InChI is InChI=1S/C20H21FN4O3S/c1-14(25-29(27,28)18-9-5-3-7-16(18)21)20(26)23-13-12-22-19-11-10-15-6-2-4-8-17(15)24-19/h2-11,14,25H,12-13H2,1H3,(H,22,24)(H,23,26)/t14-/m0/s1. The lowest BCUT2D eigenvalue weighted by molar-refractivity contribution is -0.122. The summed E-state index contributed by atoms with van der Waals surface area (Å²) in [5.74, 6) is -0.718. The Hall–Kier alpha value is -3.04. The molecule has 0 unspecified atom stereocenters. The number of carbonyl (C=O) groups excluding carboxylic acids is 1. The van der Waals surface area contributed by atoms with Gasteiger partial charge in [0.05, 0.1) is 11.6 Å². The van der Waals surface area contributed by atoms with E-state index in [2.05, 4.69) is 20.3 Å². The maximum Gasteiger partial charge on any atom is 0.244 e. The van der Waals surface area contributed by atoms with Gasteiger partial charge in [0.2, 0.25) is 15.9 Å². The number of anilines is 1. The molecule has 7 nitrogen and oxygen atoms in total. The molecule has 1 heterocycles. The third-order valence-corrected chi connectivity index (χ3v) is 5.75. The van der Waals surface area contributed by atoms with Gasteiger partial charge in [0.15, 0.2) is 0 Å². The molecular formula is C20H21FN4O3S. The second kappa shape index (κ2) is 8.97. The number of aromatic nitrogens is 1. The summed E-state index contributed by atoms with van der Waals surface area (Å²) in [6.07, 6.45) is 0. The quantitative estimate of drug-likeness (QED) is 0.489. The van der Waals surface area contributed by atoms with E-state index in [-0.39, 0.29) is 6.54 Å². The van der Waals surface area contributed by atoms with Crippen LogP contribution in [0.4, 0.5) is 10.2 Å². The highest BCUT2D eigenvalue weighted by molar-refractivity contribution is 7.89. The first kappa shape index (κ1) is 20.7. The zero-order chi connectivity index (χ0) is 20.9. The van der Waals surface area contributed by atoms with E-state index in [1.807, 2.05) is 36.4 Å². The Morgan fingerprint density at radius 2 is 1.76 bits per heavy atom. The van der Waals surface area contributed by atoms with Gasteiger partial charge in [0.1, 0.15) is 16.5 Å². The summed E-state index contributed by atoms with van der Waals surface area (Å²) in [5, 5.41) is 6.76. The van der Waals surface area contributed by atoms with Crippen LogP contribution in [0.15, 0.2) is 65.6 Å². The molecule has 3 rings (SSSR count). The highest BCUT2D eigenvalue weighted by Crippen LogP contribution is 2.15. The summed E-state index contributed by atoms with van der Waals surface area (Å²) in [6.45, 7) is 2.06. The summed E-state index contributed by atoms with van der Waals surface area (Å²) in [5.41, 5.74) is 0.859. The second-order valence-electron chi connectivity index (χ2n) is 6.38. The van der Waals surface area contributed by atoms with Crippen LogP contribution in [-0.4, -0.2) is 38.4 Å². The minimum Gasteiger partial charge on any atom is -0.368 e. The number of benzene rings is 2. The van der Waals surface area contributed by atoms with Crippen LogP contribution in [-0.2, 0) is 14.8 Å². The van der Waals surface area contributed by atoms with E-state index in [0.29, 0.717) is 12.4 Å². The SMILES string of the molecule is C[C@H](NS(=O)(=O)c1ccccc1F)C(=O)NCCNc1ccc2ccccc2n1. The molecule has 0 radical (unpaired) electrons. The number of nitrogens with zero attached hydrogens (tertiary/aromatic N) is 1. The highest BCUT2D eigenvalue weighted by Gasteiger charge is 2.24. The third kappa shape index (κ3) is 5.27. The van der Waals surface area contributed by atoms with Gasteiger partial charge in [0, 0.05) is 18.5 Å². The van der Waals surface area contributed by atoms with Crippen LogP contribution in [0.1, 0.15) is 6.92 Å². The average Bonchev–Trinajstić information content (AvgIpc) is 2.70. The molecule has 1 aromatic heterocycles. The van der Waals surface area contributed by atoms with Gasteiger partial charge in [-0.25, -0.2) is 17.8 Å². The van der Waals surface area contributed by atoms with Crippen molar-refractivity contribution in [3.8, 4) is 0 Å². The molecule has 0 fully saturated rings. The fraction of sp³-hybridized carbons (Fsp3) is 0.200. The topological polar surface area (TPSA) is 100 Å². The monoisotopic (exact) mass is 416 g/mol. The van der Waals surface area contributed by atoms with Crippen molar-refractivity contribution >= 4 is 32.7 Å². The van der Waals surface area contributed by atoms with E-state index in [9.17, 15) is 17.6 Å². The zero-order valence-electron chi connectivity index (χ0n) is 15.7. The van der Waals surface area contributed by atoms with Crippen LogP contribution in [0, 0.1) is 5.82 Å². The van der Waals surface area contributed by atoms with Crippen LogP contribution >= 0.6 is 0 Å². The number of fused-ring (bicyclic) bond motifs is 1. The van der Waals surface area contributed by atoms with Gasteiger partial charge in [-0.2, -0.15) is 4.72 Å². The molecule has 0 spiro atoms. The molecule has 1 amide bonds. The van der Waals surface area contributed by atoms with E-state index < -0.39 is 32.7 Å². The maximum absolute atomic E-state index is 13.7. The fourth-order valence-corrected chi connectivity index (χ4v) is 3.99. The highest BCUT2D eigenvalue weighted by atomic mass is 32.2. The molecule has 0 saturated carbocycles. The first-order chi connectivity index (χ1) is 13.9. The van der Waals surface area contributed by atoms with Crippen molar-refractivity contribution in [2.45, 2.75) is 17.9 Å². The van der Waals surface area contributed by atoms with Crippen LogP contribution in [0.25, 0.3) is 10.9 Å². The Morgan fingerprint density at radius 3 is 2.55 bits per heavy atom. The molecule has 0 saturated heterocycles. The van der Waals surface area contributed by atoms with Gasteiger partial charge >= 0.3 is 0 Å². The third-order valence-electron chi connectivity index (χ3n) is 4.18. The van der Waals surface area contributed by atoms with E-state index in [0.717, 1.165) is 23.0 Å². The van der Waals surface area contributed by atoms with Crippen LogP contribution in [0.3, 0.4) is 0 Å². The number of sulfonamides is 1. The van der Waals surface area contributed by atoms with Crippen molar-refractivity contribution in [3.05, 3.63) is 66.5 Å². The van der Waals surface area contributed by atoms with E-state index in [1.165, 1.54) is 19.1 Å². The van der Waals surface area contributed by atoms with Crippen LogP contribution in [0.5, 0.6) is 0 Å². The van der Waals surface area contributed by atoms with Crippen molar-refractivity contribution in [2.75, 3.05) is 18.4 Å². The van der Waals surface area contributed by atoms with Gasteiger partial charge in [-0.1, -0.05) is 30.3 Å². The molecule has 0 aliphatic rings. The predicted octanol–water partition coefficient (Wildman–Crippen LogP) is 2.27. The van der Waals surface area contributed by atoms with Crippen molar-refractivity contribution in [2.24, 2.45) is 0 Å². The number of halogens is 1. The summed E-state index contributed by atoms with van der Waals surface area (Å²) in [6, 6.07) is 15.4. The Kier molecular flexibility index (Phi) is 6.40. The summed E-state index contributed by atoms with van der Waals surface area (Å²) >= 11 is 0. The van der Waals surface area contributed by atoms with Crippen LogP contribution in [0.2, 0.25) is 0 Å². The number of carbonyl (C=O) groups is 1. The van der Waals surface area contributed by atoms with Gasteiger partial charge in [0.25, 0.3) is 0 Å². The molecule has 0 aliphatic heterocycles. The van der Waals surface area contributed by atoms with E-state index in [1.54, 1.807) is 0 Å². The Bertz CT molecular complexity index is 1120. The number of amides is 1. The predicted molar refractivity (Wildman–Crippen MR) is 109 cm³/mol. The molecule has 1 atom stereocenters. The van der Waals surface area contributed by atoms with Crippen molar-refractivity contribution in [1.82, 2.24) is 15.0 Å². The normalized spacial score (nSPS) is 12.5. The number of pyridine rings is 1. The van der Waals surface area contributed by atoms with Crippen molar-refractivity contribution in [3.63, 3.8) is 0 Å². The van der Waals surface area contributed by atoms with Gasteiger partial charge in [-0.15, -0.1) is 0 Å². The molecule has 0 aliphatic carbocycles. The first-order valence-corrected chi connectivity index (χ1v) is 10.5. The summed E-state index contributed by atoms with van der Waals surface area (Å²) < 4.78 is 40.4. The summed E-state index contributed by atoms with van der Waals surface area (Å²) in [4.78, 5) is 16.1. The molecule has 0 bridgehead atoms. The number of hydrogen-bond donors (Lipinski definition) is 3. The molecule has 9 heteroatoms. The first-order valence-electron chi connectivity index (χ1n) is 9.01. The number of rotatable bonds is 8. The average molecular weight is 416 g/mol. The van der Waals surface area contributed by atoms with Gasteiger partial charge < -0.3 is 10.6 Å². The Morgan fingerprint density at radius 1 is 1.03 bits per heavy atom. The zero-order valence-corrected chi connectivity index (χ0v) is 16.5. The lowest BCUT2D eigenvalue weighted by Crippen LogP contribution is -2.45.